The van der Waals surface area contributed by atoms with Crippen molar-refractivity contribution in [2.24, 2.45) is 0 Å². The first-order chi connectivity index (χ1) is 8.51. The van der Waals surface area contributed by atoms with Crippen LogP contribution in [0, 0.1) is 0 Å². The molecule has 0 aromatic heterocycles. The molecule has 0 atom stereocenters. The molecule has 1 N–H and O–H groups in total. The molecule has 0 amide bonds. The Labute approximate surface area is 109 Å². The molecular formula is C13H21NO3S. The van der Waals surface area contributed by atoms with Crippen molar-refractivity contribution in [1.82, 2.24) is 0 Å². The summed E-state index contributed by atoms with van der Waals surface area (Å²) in [6.07, 6.45) is 1.94. The van der Waals surface area contributed by atoms with E-state index >= 15 is 0 Å². The lowest BCUT2D eigenvalue weighted by atomic mass is 10.1. The van der Waals surface area contributed by atoms with Crippen LogP contribution in [0.1, 0.15) is 25.3 Å². The lowest BCUT2D eigenvalue weighted by molar-refractivity contribution is 0.287. The molecule has 0 bridgehead atoms. The van der Waals surface area contributed by atoms with Gasteiger partial charge in [-0.2, -0.15) is 0 Å². The normalized spacial score (nSPS) is 11.5. The highest BCUT2D eigenvalue weighted by atomic mass is 32.2. The van der Waals surface area contributed by atoms with Crippen LogP contribution in [0.15, 0.2) is 24.3 Å². The van der Waals surface area contributed by atoms with Crippen LogP contribution >= 0.6 is 0 Å². The van der Waals surface area contributed by atoms with Gasteiger partial charge in [0.25, 0.3) is 0 Å². The number of anilines is 1. The highest BCUT2D eigenvalue weighted by Crippen LogP contribution is 2.18. The van der Waals surface area contributed by atoms with Crippen LogP contribution in [-0.4, -0.2) is 32.9 Å². The maximum atomic E-state index is 12.0. The van der Waals surface area contributed by atoms with Gasteiger partial charge in [0.1, 0.15) is 0 Å². The molecule has 0 spiro atoms. The van der Waals surface area contributed by atoms with Gasteiger partial charge in [-0.05, 0) is 37.0 Å². The Hall–Kier alpha value is -1.07. The molecule has 5 heteroatoms. The third-order valence-electron chi connectivity index (χ3n) is 2.94. The summed E-state index contributed by atoms with van der Waals surface area (Å²) >= 11 is 0. The summed E-state index contributed by atoms with van der Waals surface area (Å²) in [4.78, 5) is 0. The fourth-order valence-corrected chi connectivity index (χ4v) is 2.92. The average molecular weight is 271 g/mol. The van der Waals surface area contributed by atoms with E-state index in [1.165, 1.54) is 9.87 Å². The molecule has 0 heterocycles. The van der Waals surface area contributed by atoms with Crippen LogP contribution < -0.4 is 4.31 Å². The van der Waals surface area contributed by atoms with Crippen molar-refractivity contribution in [3.05, 3.63) is 29.8 Å². The number of nitrogens with zero attached hydrogens (tertiary/aromatic N) is 1. The second-order valence-electron chi connectivity index (χ2n) is 4.23. The molecule has 18 heavy (non-hydrogen) atoms. The average Bonchev–Trinajstić information content (AvgIpc) is 2.38. The highest BCUT2D eigenvalue weighted by molar-refractivity contribution is 7.92. The van der Waals surface area contributed by atoms with Gasteiger partial charge in [-0.25, -0.2) is 8.42 Å². The van der Waals surface area contributed by atoms with Gasteiger partial charge in [-0.3, -0.25) is 4.31 Å². The summed E-state index contributed by atoms with van der Waals surface area (Å²) in [5.74, 6) is 0.0690. The molecule has 0 aliphatic rings. The number of sulfonamides is 1. The minimum absolute atomic E-state index is 0.0322. The number of rotatable bonds is 7. The number of aliphatic hydroxyl groups is 1. The Morgan fingerprint density at radius 1 is 1.17 bits per heavy atom. The van der Waals surface area contributed by atoms with Crippen LogP contribution in [0.2, 0.25) is 0 Å². The van der Waals surface area contributed by atoms with Crippen LogP contribution in [-0.2, 0) is 16.4 Å². The van der Waals surface area contributed by atoms with Gasteiger partial charge in [0.2, 0.25) is 10.0 Å². The summed E-state index contributed by atoms with van der Waals surface area (Å²) in [6, 6.07) is 7.52. The van der Waals surface area contributed by atoms with Crippen molar-refractivity contribution in [2.45, 2.75) is 26.2 Å². The SMILES string of the molecule is CCc1ccc(N(C)S(=O)(=O)CCCCO)cc1. The summed E-state index contributed by atoms with van der Waals surface area (Å²) in [5, 5.41) is 8.67. The number of aryl methyl sites for hydroxylation is 1. The van der Waals surface area contributed by atoms with Crippen LogP contribution in [0.5, 0.6) is 0 Å². The Morgan fingerprint density at radius 2 is 1.78 bits per heavy atom. The molecule has 1 aromatic rings. The van der Waals surface area contributed by atoms with Gasteiger partial charge in [-0.15, -0.1) is 0 Å². The van der Waals surface area contributed by atoms with Gasteiger partial charge < -0.3 is 5.11 Å². The predicted octanol–water partition coefficient (Wildman–Crippen LogP) is 1.79. The summed E-state index contributed by atoms with van der Waals surface area (Å²) in [6.45, 7) is 2.09. The Morgan fingerprint density at radius 3 is 2.28 bits per heavy atom. The van der Waals surface area contributed by atoms with E-state index in [0.717, 1.165) is 6.42 Å². The zero-order valence-corrected chi connectivity index (χ0v) is 11.8. The van der Waals surface area contributed by atoms with Crippen LogP contribution in [0.4, 0.5) is 5.69 Å². The van der Waals surface area contributed by atoms with Gasteiger partial charge in [-0.1, -0.05) is 19.1 Å². The van der Waals surface area contributed by atoms with Crippen molar-refractivity contribution < 1.29 is 13.5 Å². The summed E-state index contributed by atoms with van der Waals surface area (Å²) in [5.41, 5.74) is 1.86. The zero-order chi connectivity index (χ0) is 13.6. The van der Waals surface area contributed by atoms with E-state index in [9.17, 15) is 8.42 Å². The first-order valence-electron chi connectivity index (χ1n) is 6.17. The number of unbranched alkanes of at least 4 members (excludes halogenated alkanes) is 1. The van der Waals surface area contributed by atoms with E-state index in [4.69, 9.17) is 5.11 Å². The third kappa shape index (κ3) is 3.99. The van der Waals surface area contributed by atoms with E-state index < -0.39 is 10.0 Å². The molecule has 0 aliphatic carbocycles. The Bertz CT molecular complexity index is 454. The zero-order valence-electron chi connectivity index (χ0n) is 11.0. The van der Waals surface area contributed by atoms with E-state index in [2.05, 4.69) is 6.92 Å². The number of benzene rings is 1. The smallest absolute Gasteiger partial charge is 0.234 e. The lowest BCUT2D eigenvalue weighted by Crippen LogP contribution is -2.29. The molecule has 1 rings (SSSR count). The van der Waals surface area contributed by atoms with Gasteiger partial charge >= 0.3 is 0 Å². The minimum Gasteiger partial charge on any atom is -0.396 e. The van der Waals surface area contributed by atoms with Gasteiger partial charge in [0.05, 0.1) is 11.4 Å². The molecule has 0 fully saturated rings. The van der Waals surface area contributed by atoms with E-state index in [1.54, 1.807) is 7.05 Å². The summed E-state index contributed by atoms with van der Waals surface area (Å²) in [7, 11) is -1.72. The van der Waals surface area contributed by atoms with Crippen molar-refractivity contribution in [2.75, 3.05) is 23.7 Å². The second kappa shape index (κ2) is 6.75. The molecule has 102 valence electrons. The fraction of sp³-hybridized carbons (Fsp3) is 0.538. The largest absolute Gasteiger partial charge is 0.396 e. The molecule has 4 nitrogen and oxygen atoms in total. The summed E-state index contributed by atoms with van der Waals surface area (Å²) < 4.78 is 25.3. The van der Waals surface area contributed by atoms with Crippen LogP contribution in [0.25, 0.3) is 0 Å². The number of hydrogen-bond acceptors (Lipinski definition) is 3. The van der Waals surface area contributed by atoms with Crippen LogP contribution in [0.3, 0.4) is 0 Å². The third-order valence-corrected chi connectivity index (χ3v) is 4.79. The molecule has 0 saturated carbocycles. The maximum Gasteiger partial charge on any atom is 0.234 e. The second-order valence-corrected chi connectivity index (χ2v) is 6.35. The molecule has 0 saturated heterocycles. The number of hydrogen-bond donors (Lipinski definition) is 1. The topological polar surface area (TPSA) is 57.6 Å². The quantitative estimate of drug-likeness (QED) is 0.769. The minimum atomic E-state index is -3.28. The molecule has 0 unspecified atom stereocenters. The monoisotopic (exact) mass is 271 g/mol. The van der Waals surface area contributed by atoms with Crippen molar-refractivity contribution in [1.29, 1.82) is 0 Å². The van der Waals surface area contributed by atoms with Gasteiger partial charge in [0.15, 0.2) is 0 Å². The molecule has 0 radical (unpaired) electrons. The first-order valence-corrected chi connectivity index (χ1v) is 7.78. The predicted molar refractivity (Wildman–Crippen MR) is 74.3 cm³/mol. The van der Waals surface area contributed by atoms with E-state index in [1.807, 2.05) is 24.3 Å². The molecule has 0 aliphatic heterocycles. The van der Waals surface area contributed by atoms with E-state index in [0.29, 0.717) is 18.5 Å². The highest BCUT2D eigenvalue weighted by Gasteiger charge is 2.17. The van der Waals surface area contributed by atoms with E-state index in [-0.39, 0.29) is 12.4 Å². The first kappa shape index (κ1) is 15.0. The standard InChI is InChI=1S/C13H21NO3S/c1-3-12-6-8-13(9-7-12)14(2)18(16,17)11-5-4-10-15/h6-9,15H,3-5,10-11H2,1-2H3. The fourth-order valence-electron chi connectivity index (χ4n) is 1.64. The van der Waals surface area contributed by atoms with Crippen molar-refractivity contribution in [3.63, 3.8) is 0 Å². The molecule has 1 aromatic carbocycles. The Balaban J connectivity index is 2.75. The maximum absolute atomic E-state index is 12.0. The lowest BCUT2D eigenvalue weighted by Gasteiger charge is -2.19. The molecular weight excluding hydrogens is 250 g/mol. The van der Waals surface area contributed by atoms with Gasteiger partial charge in [0, 0.05) is 13.7 Å². The Kier molecular flexibility index (Phi) is 5.62. The number of aliphatic hydroxyl groups excluding tert-OH is 1. The van der Waals surface area contributed by atoms with Crippen molar-refractivity contribution in [3.8, 4) is 0 Å². The van der Waals surface area contributed by atoms with Crippen molar-refractivity contribution >= 4 is 15.7 Å².